The maximum atomic E-state index is 14.0. The molecule has 0 radical (unpaired) electrons. The summed E-state index contributed by atoms with van der Waals surface area (Å²) in [5.74, 6) is -2.64. The zero-order chi connectivity index (χ0) is 15.1. The van der Waals surface area contributed by atoms with Crippen LogP contribution in [0.4, 0.5) is 10.3 Å². The van der Waals surface area contributed by atoms with Crippen LogP contribution in [-0.2, 0) is 4.79 Å². The van der Waals surface area contributed by atoms with Gasteiger partial charge in [0.2, 0.25) is 23.3 Å². The van der Waals surface area contributed by atoms with Gasteiger partial charge in [0.05, 0.1) is 10.6 Å². The van der Waals surface area contributed by atoms with Gasteiger partial charge in [-0.3, -0.25) is 9.69 Å². The highest BCUT2D eigenvalue weighted by Gasteiger charge is 2.32. The van der Waals surface area contributed by atoms with E-state index >= 15 is 0 Å². The van der Waals surface area contributed by atoms with Crippen LogP contribution in [0.15, 0.2) is 22.6 Å². The molecule has 1 aromatic carbocycles. The van der Waals surface area contributed by atoms with Crippen molar-refractivity contribution in [1.29, 1.82) is 0 Å². The Morgan fingerprint density at radius 2 is 2.05 bits per heavy atom. The van der Waals surface area contributed by atoms with E-state index in [9.17, 15) is 19.4 Å². The fourth-order valence-corrected chi connectivity index (χ4v) is 2.48. The lowest BCUT2D eigenvalue weighted by atomic mass is 10.1. The number of aromatic hydroxyl groups is 2. The fraction of sp³-hybridized carbons (Fsp3) is 0.214. The lowest BCUT2D eigenvalue weighted by molar-refractivity contribution is -0.117. The lowest BCUT2D eigenvalue weighted by Crippen LogP contribution is -2.23. The molecule has 5 nitrogen and oxygen atoms in total. The monoisotopic (exact) mass is 311 g/mol. The van der Waals surface area contributed by atoms with Crippen LogP contribution in [0.2, 0.25) is 5.02 Å². The first kappa shape index (κ1) is 13.8. The number of nitrogens with zero attached hydrogens (tertiary/aromatic N) is 1. The maximum Gasteiger partial charge on any atom is 0.249 e. The average molecular weight is 312 g/mol. The Balaban J connectivity index is 2.13. The molecule has 2 aromatic rings. The number of hydrogen-bond acceptors (Lipinski definition) is 4. The third-order valence-corrected chi connectivity index (χ3v) is 3.65. The van der Waals surface area contributed by atoms with Gasteiger partial charge >= 0.3 is 0 Å². The number of hydrogen-bond donors (Lipinski definition) is 2. The van der Waals surface area contributed by atoms with Gasteiger partial charge in [-0.25, -0.2) is 4.39 Å². The highest BCUT2D eigenvalue weighted by atomic mass is 35.5. The van der Waals surface area contributed by atoms with Gasteiger partial charge in [-0.2, -0.15) is 0 Å². The molecule has 1 saturated heterocycles. The van der Waals surface area contributed by atoms with Crippen molar-refractivity contribution < 1.29 is 23.8 Å². The summed E-state index contributed by atoms with van der Waals surface area (Å²) in [6, 6.07) is 4.19. The molecule has 110 valence electrons. The summed E-state index contributed by atoms with van der Waals surface area (Å²) in [5.41, 5.74) is -0.0896. The van der Waals surface area contributed by atoms with Crippen molar-refractivity contribution in [3.05, 3.63) is 29.0 Å². The van der Waals surface area contributed by atoms with Crippen molar-refractivity contribution in [2.24, 2.45) is 0 Å². The van der Waals surface area contributed by atoms with Crippen molar-refractivity contribution in [2.45, 2.75) is 12.8 Å². The van der Waals surface area contributed by atoms with E-state index in [2.05, 4.69) is 0 Å². The number of rotatable bonds is 2. The molecule has 2 N–H and O–H groups in total. The molecule has 0 atom stereocenters. The van der Waals surface area contributed by atoms with Crippen molar-refractivity contribution in [3.8, 4) is 22.8 Å². The Hall–Kier alpha value is -2.21. The van der Waals surface area contributed by atoms with Crippen LogP contribution < -0.4 is 4.90 Å². The molecule has 0 unspecified atom stereocenters. The van der Waals surface area contributed by atoms with E-state index in [0.29, 0.717) is 19.4 Å². The number of furan rings is 1. The van der Waals surface area contributed by atoms with E-state index in [4.69, 9.17) is 16.0 Å². The van der Waals surface area contributed by atoms with Gasteiger partial charge in [0.25, 0.3) is 0 Å². The molecule has 1 aliphatic rings. The summed E-state index contributed by atoms with van der Waals surface area (Å²) in [6.07, 6.45) is 0.961. The number of benzene rings is 1. The Kier molecular flexibility index (Phi) is 3.25. The van der Waals surface area contributed by atoms with Gasteiger partial charge in [-0.15, -0.1) is 0 Å². The van der Waals surface area contributed by atoms with Crippen molar-refractivity contribution in [1.82, 2.24) is 0 Å². The van der Waals surface area contributed by atoms with E-state index < -0.39 is 17.3 Å². The minimum absolute atomic E-state index is 0.0896. The predicted molar refractivity (Wildman–Crippen MR) is 74.0 cm³/mol. The molecule has 1 aromatic heterocycles. The molecule has 0 aliphatic carbocycles. The quantitative estimate of drug-likeness (QED) is 0.892. The van der Waals surface area contributed by atoms with Crippen LogP contribution in [0, 0.1) is 5.82 Å². The molecule has 1 fully saturated rings. The van der Waals surface area contributed by atoms with Gasteiger partial charge in [0.15, 0.2) is 11.6 Å². The van der Waals surface area contributed by atoms with Gasteiger partial charge in [0.1, 0.15) is 0 Å². The zero-order valence-corrected chi connectivity index (χ0v) is 11.5. The fourth-order valence-electron chi connectivity index (χ4n) is 2.31. The predicted octanol–water partition coefficient (Wildman–Crippen LogP) is 3.28. The van der Waals surface area contributed by atoms with Crippen molar-refractivity contribution in [2.75, 3.05) is 11.4 Å². The Labute approximate surface area is 124 Å². The van der Waals surface area contributed by atoms with Crippen LogP contribution >= 0.6 is 11.6 Å². The standard InChI is InChI=1S/C14H11ClFNO4/c15-8-4-1-3-7(10(8)16)13-11(19)12(20)14(21-13)17-6-2-5-9(17)18/h1,3-4,19-20H,2,5-6H2. The van der Waals surface area contributed by atoms with E-state index in [1.165, 1.54) is 23.1 Å². The summed E-state index contributed by atoms with van der Waals surface area (Å²) in [7, 11) is 0. The Bertz CT molecular complexity index is 728. The molecule has 0 bridgehead atoms. The first-order chi connectivity index (χ1) is 10.0. The first-order valence-electron chi connectivity index (χ1n) is 6.30. The molecule has 3 rings (SSSR count). The van der Waals surface area contributed by atoms with Gasteiger partial charge in [-0.1, -0.05) is 17.7 Å². The Morgan fingerprint density at radius 1 is 1.29 bits per heavy atom. The molecule has 7 heteroatoms. The summed E-state index contributed by atoms with van der Waals surface area (Å²) in [4.78, 5) is 12.9. The number of amides is 1. The van der Waals surface area contributed by atoms with E-state index in [0.717, 1.165) is 0 Å². The zero-order valence-electron chi connectivity index (χ0n) is 10.8. The normalized spacial score (nSPS) is 15.0. The minimum atomic E-state index is -0.775. The number of halogens is 2. The van der Waals surface area contributed by atoms with E-state index in [1.807, 2.05) is 0 Å². The van der Waals surface area contributed by atoms with Crippen molar-refractivity contribution >= 4 is 23.4 Å². The third kappa shape index (κ3) is 2.12. The number of carbonyl (C=O) groups is 1. The molecule has 0 spiro atoms. The number of carbonyl (C=O) groups excluding carboxylic acids is 1. The van der Waals surface area contributed by atoms with Crippen molar-refractivity contribution in [3.63, 3.8) is 0 Å². The van der Waals surface area contributed by atoms with Crippen LogP contribution in [0.3, 0.4) is 0 Å². The van der Waals surface area contributed by atoms with Crippen LogP contribution in [0.1, 0.15) is 12.8 Å². The van der Waals surface area contributed by atoms with Gasteiger partial charge in [0, 0.05) is 13.0 Å². The second-order valence-electron chi connectivity index (χ2n) is 4.68. The average Bonchev–Trinajstić information content (AvgIpc) is 2.99. The molecule has 2 heterocycles. The highest BCUT2D eigenvalue weighted by Crippen LogP contribution is 2.48. The lowest BCUT2D eigenvalue weighted by Gasteiger charge is -2.11. The van der Waals surface area contributed by atoms with E-state index in [1.54, 1.807) is 0 Å². The molecule has 21 heavy (non-hydrogen) atoms. The summed E-state index contributed by atoms with van der Waals surface area (Å²) < 4.78 is 19.3. The van der Waals surface area contributed by atoms with Gasteiger partial charge < -0.3 is 14.6 Å². The molecular formula is C14H11ClFNO4. The number of anilines is 1. The van der Waals surface area contributed by atoms with Gasteiger partial charge in [-0.05, 0) is 18.6 Å². The maximum absolute atomic E-state index is 14.0. The SMILES string of the molecule is O=C1CCCN1c1oc(-c2cccc(Cl)c2F)c(O)c1O. The minimum Gasteiger partial charge on any atom is -0.502 e. The topological polar surface area (TPSA) is 73.9 Å². The summed E-state index contributed by atoms with van der Waals surface area (Å²) >= 11 is 5.69. The highest BCUT2D eigenvalue weighted by molar-refractivity contribution is 6.31. The molecular weight excluding hydrogens is 301 g/mol. The van der Waals surface area contributed by atoms with Crippen LogP contribution in [-0.4, -0.2) is 22.7 Å². The van der Waals surface area contributed by atoms with Crippen LogP contribution in [0.25, 0.3) is 11.3 Å². The largest absolute Gasteiger partial charge is 0.502 e. The van der Waals surface area contributed by atoms with E-state index in [-0.39, 0.29) is 28.1 Å². The summed E-state index contributed by atoms with van der Waals surface area (Å²) in [6.45, 7) is 0.372. The second kappa shape index (κ2) is 4.96. The third-order valence-electron chi connectivity index (χ3n) is 3.36. The second-order valence-corrected chi connectivity index (χ2v) is 5.09. The van der Waals surface area contributed by atoms with Crippen LogP contribution in [0.5, 0.6) is 11.5 Å². The Morgan fingerprint density at radius 3 is 2.71 bits per heavy atom. The smallest absolute Gasteiger partial charge is 0.249 e. The molecule has 1 aliphatic heterocycles. The summed E-state index contributed by atoms with van der Waals surface area (Å²) in [5, 5.41) is 19.7. The first-order valence-corrected chi connectivity index (χ1v) is 6.68. The molecule has 1 amide bonds. The molecule has 0 saturated carbocycles.